The Morgan fingerprint density at radius 3 is 2.50 bits per heavy atom. The second-order valence-corrected chi connectivity index (χ2v) is 4.41. The first kappa shape index (κ1) is 9.89. The molecule has 0 unspecified atom stereocenters. The lowest BCUT2D eigenvalue weighted by Crippen LogP contribution is -2.05. The summed E-state index contributed by atoms with van der Waals surface area (Å²) in [6.07, 6.45) is 1.05. The van der Waals surface area contributed by atoms with Gasteiger partial charge in [-0.3, -0.25) is 4.79 Å². The summed E-state index contributed by atoms with van der Waals surface area (Å²) >= 11 is 0. The lowest BCUT2D eigenvalue weighted by atomic mass is 10.1. The van der Waals surface area contributed by atoms with Gasteiger partial charge in [0, 0.05) is 6.07 Å². The lowest BCUT2D eigenvalue weighted by molar-refractivity contribution is 0.373. The molecule has 2 aromatic carbocycles. The molecular formula is C17H14O5. The molecule has 0 saturated carbocycles. The van der Waals surface area contributed by atoms with E-state index in [1.54, 1.807) is 0 Å². The number of hydrogen-bond acceptors (Lipinski definition) is 5. The fraction of sp³-hybridized carbons (Fsp3) is 0.118. The van der Waals surface area contributed by atoms with Gasteiger partial charge in [-0.25, -0.2) is 0 Å². The third-order valence-electron chi connectivity index (χ3n) is 3.15. The van der Waals surface area contributed by atoms with E-state index in [4.69, 9.17) is 19.4 Å². The summed E-state index contributed by atoms with van der Waals surface area (Å²) in [5, 5.41) is 9.87. The molecule has 0 aliphatic heterocycles. The van der Waals surface area contributed by atoms with Gasteiger partial charge in [0.15, 0.2) is 11.5 Å². The van der Waals surface area contributed by atoms with Crippen molar-refractivity contribution in [3.63, 3.8) is 0 Å². The van der Waals surface area contributed by atoms with E-state index >= 15 is 0 Å². The zero-order chi connectivity index (χ0) is 19.2. The van der Waals surface area contributed by atoms with Crippen LogP contribution in [0.5, 0.6) is 17.2 Å². The van der Waals surface area contributed by atoms with Crippen molar-refractivity contribution >= 4 is 11.0 Å². The molecule has 22 heavy (non-hydrogen) atoms. The van der Waals surface area contributed by atoms with Crippen LogP contribution in [0.3, 0.4) is 0 Å². The number of hydrogen-bond donors (Lipinski definition) is 1. The maximum Gasteiger partial charge on any atom is 0.200 e. The smallest absolute Gasteiger partial charge is 0.200 e. The number of methoxy groups -OCH3 is 2. The maximum atomic E-state index is 12.9. The van der Waals surface area contributed by atoms with Crippen LogP contribution in [0.4, 0.5) is 0 Å². The SMILES string of the molecule is [2H]c1c([2H])c(-c2coc3cc(O)c(OC)cc3c2=O)c([2H])c([2H])c1OC. The topological polar surface area (TPSA) is 68.9 Å². The summed E-state index contributed by atoms with van der Waals surface area (Å²) in [7, 11) is 2.57. The molecule has 1 heterocycles. The van der Waals surface area contributed by atoms with Gasteiger partial charge in [0.1, 0.15) is 17.6 Å². The third-order valence-corrected chi connectivity index (χ3v) is 3.15. The van der Waals surface area contributed by atoms with Crippen LogP contribution in [0.25, 0.3) is 22.1 Å². The van der Waals surface area contributed by atoms with Crippen molar-refractivity contribution in [2.45, 2.75) is 0 Å². The number of aromatic hydroxyl groups is 1. The van der Waals surface area contributed by atoms with E-state index in [1.807, 2.05) is 0 Å². The molecule has 0 spiro atoms. The van der Waals surface area contributed by atoms with Crippen LogP contribution in [-0.2, 0) is 0 Å². The normalized spacial score (nSPS) is 13.2. The highest BCUT2D eigenvalue weighted by molar-refractivity contribution is 5.84. The van der Waals surface area contributed by atoms with Crippen LogP contribution < -0.4 is 14.9 Å². The van der Waals surface area contributed by atoms with Crippen LogP contribution >= 0.6 is 0 Å². The Morgan fingerprint density at radius 2 is 1.86 bits per heavy atom. The number of benzene rings is 2. The molecule has 0 aliphatic carbocycles. The number of fused-ring (bicyclic) bond motifs is 1. The van der Waals surface area contributed by atoms with E-state index in [2.05, 4.69) is 0 Å². The van der Waals surface area contributed by atoms with Gasteiger partial charge in [0.2, 0.25) is 5.43 Å². The molecule has 1 aromatic heterocycles. The van der Waals surface area contributed by atoms with Crippen molar-refractivity contribution in [2.24, 2.45) is 0 Å². The molecule has 3 aromatic rings. The van der Waals surface area contributed by atoms with Crippen molar-refractivity contribution in [1.82, 2.24) is 0 Å². The molecule has 0 fully saturated rings. The minimum absolute atomic E-state index is 0.0660. The molecule has 3 rings (SSSR count). The predicted molar refractivity (Wildman–Crippen MR) is 82.7 cm³/mol. The molecule has 5 nitrogen and oxygen atoms in total. The van der Waals surface area contributed by atoms with Crippen LogP contribution in [0, 0.1) is 0 Å². The predicted octanol–water partition coefficient (Wildman–Crippen LogP) is 3.18. The summed E-state index contributed by atoms with van der Waals surface area (Å²) in [5.74, 6) is -0.346. The Kier molecular flexibility index (Phi) is 2.45. The van der Waals surface area contributed by atoms with Crippen molar-refractivity contribution in [3.05, 3.63) is 52.8 Å². The molecule has 0 radical (unpaired) electrons. The summed E-state index contributed by atoms with van der Waals surface area (Å²) in [4.78, 5) is 12.9. The lowest BCUT2D eigenvalue weighted by Gasteiger charge is -2.07. The molecule has 0 aliphatic rings. The molecule has 5 heteroatoms. The van der Waals surface area contributed by atoms with Gasteiger partial charge in [-0.15, -0.1) is 0 Å². The third kappa shape index (κ3) is 2.26. The largest absolute Gasteiger partial charge is 0.504 e. The highest BCUT2D eigenvalue weighted by Crippen LogP contribution is 2.31. The van der Waals surface area contributed by atoms with Gasteiger partial charge in [-0.2, -0.15) is 0 Å². The average molecular weight is 302 g/mol. The Morgan fingerprint density at radius 1 is 1.14 bits per heavy atom. The van der Waals surface area contributed by atoms with Crippen molar-refractivity contribution in [1.29, 1.82) is 0 Å². The van der Waals surface area contributed by atoms with E-state index in [9.17, 15) is 9.90 Å². The average Bonchev–Trinajstić information content (AvgIpc) is 2.62. The van der Waals surface area contributed by atoms with Gasteiger partial charge in [0.25, 0.3) is 0 Å². The standard InChI is InChI=1S/C17H14O5/c1-20-11-5-3-10(4-6-11)13-9-22-15-8-14(18)16(21-2)7-12(15)17(13)19/h3-9,18H,1-2H3/i3D,4D,5D,6D. The first-order chi connectivity index (χ1) is 12.3. The van der Waals surface area contributed by atoms with Crippen LogP contribution in [0.1, 0.15) is 5.48 Å². The molecule has 112 valence electrons. The Hall–Kier alpha value is -2.95. The Balaban J connectivity index is 2.39. The minimum atomic E-state index is -0.574. The summed E-state index contributed by atoms with van der Waals surface area (Å²) < 4.78 is 47.4. The Labute approximate surface area is 132 Å². The van der Waals surface area contributed by atoms with Gasteiger partial charge in [0.05, 0.1) is 30.7 Å². The fourth-order valence-corrected chi connectivity index (χ4v) is 2.02. The zero-order valence-electron chi connectivity index (χ0n) is 15.8. The molecular weight excluding hydrogens is 284 g/mol. The number of ether oxygens (including phenoxy) is 2. The first-order valence-electron chi connectivity index (χ1n) is 8.29. The number of rotatable bonds is 3. The number of phenols is 1. The Bertz CT molecular complexity index is 1060. The quantitative estimate of drug-likeness (QED) is 0.804. The van der Waals surface area contributed by atoms with Crippen molar-refractivity contribution < 1.29 is 24.5 Å². The van der Waals surface area contributed by atoms with Gasteiger partial charge in [-0.05, 0) is 23.7 Å². The second kappa shape index (κ2) is 5.44. The molecule has 0 bridgehead atoms. The van der Waals surface area contributed by atoms with E-state index < -0.39 is 29.6 Å². The van der Waals surface area contributed by atoms with E-state index in [-0.39, 0.29) is 39.3 Å². The molecule has 0 amide bonds. The molecule has 1 N–H and O–H groups in total. The van der Waals surface area contributed by atoms with Gasteiger partial charge >= 0.3 is 0 Å². The number of phenolic OH excluding ortho intramolecular Hbond substituents is 1. The first-order valence-corrected chi connectivity index (χ1v) is 6.29. The van der Waals surface area contributed by atoms with Gasteiger partial charge in [-0.1, -0.05) is 12.1 Å². The van der Waals surface area contributed by atoms with Crippen molar-refractivity contribution in [2.75, 3.05) is 14.2 Å². The highest BCUT2D eigenvalue weighted by atomic mass is 16.5. The summed E-state index contributed by atoms with van der Waals surface area (Å²) in [5.41, 5.74) is -0.801. The van der Waals surface area contributed by atoms with Crippen molar-refractivity contribution in [3.8, 4) is 28.4 Å². The van der Waals surface area contributed by atoms with E-state index in [0.29, 0.717) is 0 Å². The zero-order valence-corrected chi connectivity index (χ0v) is 11.8. The molecule has 0 atom stereocenters. The van der Waals surface area contributed by atoms with Crippen LogP contribution in [0.2, 0.25) is 0 Å². The van der Waals surface area contributed by atoms with E-state index in [1.165, 1.54) is 26.4 Å². The monoisotopic (exact) mass is 302 g/mol. The van der Waals surface area contributed by atoms with Crippen LogP contribution in [0.15, 0.2) is 51.8 Å². The maximum absolute atomic E-state index is 12.9. The van der Waals surface area contributed by atoms with Crippen LogP contribution in [-0.4, -0.2) is 19.3 Å². The highest BCUT2D eigenvalue weighted by Gasteiger charge is 2.13. The van der Waals surface area contributed by atoms with Gasteiger partial charge < -0.3 is 19.0 Å². The molecule has 0 saturated heterocycles. The minimum Gasteiger partial charge on any atom is -0.504 e. The second-order valence-electron chi connectivity index (χ2n) is 4.41. The summed E-state index contributed by atoms with van der Waals surface area (Å²) in [6.45, 7) is 0. The fourth-order valence-electron chi connectivity index (χ4n) is 2.02. The van der Waals surface area contributed by atoms with E-state index in [0.717, 1.165) is 6.26 Å². The summed E-state index contributed by atoms with van der Waals surface area (Å²) in [6, 6.07) is 0.889.